The summed E-state index contributed by atoms with van der Waals surface area (Å²) in [6.07, 6.45) is 2.74. The van der Waals surface area contributed by atoms with E-state index in [1.54, 1.807) is 4.68 Å². The molecule has 31 heavy (non-hydrogen) atoms. The molecule has 3 heterocycles. The molecule has 0 radical (unpaired) electrons. The van der Waals surface area contributed by atoms with Gasteiger partial charge in [-0.15, -0.1) is 0 Å². The van der Waals surface area contributed by atoms with Gasteiger partial charge in [0.1, 0.15) is 11.0 Å². The second-order valence-electron chi connectivity index (χ2n) is 8.73. The first-order chi connectivity index (χ1) is 14.8. The summed E-state index contributed by atoms with van der Waals surface area (Å²) in [4.78, 5) is 24.0. The second-order valence-corrected chi connectivity index (χ2v) is 9.09. The molecule has 1 aliphatic rings. The lowest BCUT2D eigenvalue weighted by Gasteiger charge is -2.29. The first kappa shape index (κ1) is 21.5. The van der Waals surface area contributed by atoms with Gasteiger partial charge in [-0.3, -0.25) is 4.90 Å². The molecule has 0 fully saturated rings. The molecule has 3 aromatic rings. The number of hydrogen-bond acceptors (Lipinski definition) is 6. The summed E-state index contributed by atoms with van der Waals surface area (Å²) in [6, 6.07) is 9.51. The monoisotopic (exact) mass is 439 g/mol. The van der Waals surface area contributed by atoms with Gasteiger partial charge in [-0.2, -0.15) is 5.10 Å². The minimum Gasteiger partial charge on any atom is -0.464 e. The lowest BCUT2D eigenvalue weighted by Crippen LogP contribution is -2.32. The maximum Gasteiger partial charge on any atom is 0.358 e. The van der Waals surface area contributed by atoms with E-state index in [0.29, 0.717) is 23.8 Å². The number of halogens is 1. The van der Waals surface area contributed by atoms with Crippen molar-refractivity contribution in [1.82, 2.24) is 24.6 Å². The Kier molecular flexibility index (Phi) is 5.81. The summed E-state index contributed by atoms with van der Waals surface area (Å²) in [5.41, 5.74) is 3.80. The van der Waals surface area contributed by atoms with E-state index >= 15 is 0 Å². The summed E-state index contributed by atoms with van der Waals surface area (Å²) in [6.45, 7) is 8.32. The molecule has 4 rings (SSSR count). The standard InChI is InChI=1S/C23H26ClN5O2/c1-23(2,3)22-25-12-15-13-28(11-10-18(15)26-22)14-17-19(21(30)31-4)27-29(20(17)24)16-8-6-5-7-9-16/h5-9,12H,10-11,13-14H2,1-4H3. The SMILES string of the molecule is COC(=O)c1nn(-c2ccccc2)c(Cl)c1CN1CCc2nc(C(C)(C)C)ncc2C1. The third-order valence-electron chi connectivity index (χ3n) is 5.37. The lowest BCUT2D eigenvalue weighted by atomic mass is 9.95. The van der Waals surface area contributed by atoms with Crippen molar-refractivity contribution in [2.24, 2.45) is 0 Å². The number of ether oxygens (including phenoxy) is 1. The van der Waals surface area contributed by atoms with Gasteiger partial charge in [-0.25, -0.2) is 19.4 Å². The molecule has 0 spiro atoms. The number of carbonyl (C=O) groups is 1. The molecule has 2 aromatic heterocycles. The summed E-state index contributed by atoms with van der Waals surface area (Å²) >= 11 is 6.70. The quantitative estimate of drug-likeness (QED) is 0.573. The Morgan fingerprint density at radius 3 is 2.65 bits per heavy atom. The number of fused-ring (bicyclic) bond motifs is 1. The highest BCUT2D eigenvalue weighted by molar-refractivity contribution is 6.31. The van der Waals surface area contributed by atoms with Crippen LogP contribution >= 0.6 is 11.6 Å². The number of nitrogens with zero attached hydrogens (tertiary/aromatic N) is 5. The van der Waals surface area contributed by atoms with E-state index in [1.807, 2.05) is 36.5 Å². The van der Waals surface area contributed by atoms with Crippen LogP contribution in [0.15, 0.2) is 36.5 Å². The molecule has 0 aliphatic carbocycles. The zero-order valence-corrected chi connectivity index (χ0v) is 19.0. The van der Waals surface area contributed by atoms with Crippen molar-refractivity contribution in [2.45, 2.75) is 45.7 Å². The lowest BCUT2D eigenvalue weighted by molar-refractivity contribution is 0.0591. The summed E-state index contributed by atoms with van der Waals surface area (Å²) < 4.78 is 6.54. The van der Waals surface area contributed by atoms with Gasteiger partial charge >= 0.3 is 5.97 Å². The molecule has 0 amide bonds. The number of aromatic nitrogens is 4. The van der Waals surface area contributed by atoms with Gasteiger partial charge in [0.25, 0.3) is 0 Å². The molecule has 0 unspecified atom stereocenters. The molecule has 8 heteroatoms. The van der Waals surface area contributed by atoms with Crippen LogP contribution in [0.2, 0.25) is 5.15 Å². The predicted octanol–water partition coefficient (Wildman–Crippen LogP) is 3.96. The number of carbonyl (C=O) groups excluding carboxylic acids is 1. The van der Waals surface area contributed by atoms with E-state index < -0.39 is 5.97 Å². The van der Waals surface area contributed by atoms with Crippen molar-refractivity contribution in [3.63, 3.8) is 0 Å². The van der Waals surface area contributed by atoms with Crippen molar-refractivity contribution in [3.8, 4) is 5.69 Å². The van der Waals surface area contributed by atoms with Crippen LogP contribution in [0, 0.1) is 0 Å². The van der Waals surface area contributed by atoms with Crippen LogP contribution in [-0.4, -0.2) is 44.3 Å². The molecule has 0 saturated heterocycles. The molecule has 1 aromatic carbocycles. The van der Waals surface area contributed by atoms with Crippen molar-refractivity contribution < 1.29 is 9.53 Å². The molecule has 0 saturated carbocycles. The van der Waals surface area contributed by atoms with Crippen molar-refractivity contribution in [3.05, 3.63) is 70.0 Å². The molecule has 7 nitrogen and oxygen atoms in total. The number of hydrogen-bond donors (Lipinski definition) is 0. The van der Waals surface area contributed by atoms with Crippen LogP contribution in [0.25, 0.3) is 5.69 Å². The highest BCUT2D eigenvalue weighted by Crippen LogP contribution is 2.28. The average Bonchev–Trinajstić information content (AvgIpc) is 3.09. The van der Waals surface area contributed by atoms with Crippen molar-refractivity contribution in [1.29, 1.82) is 0 Å². The maximum atomic E-state index is 12.4. The second kappa shape index (κ2) is 8.40. The summed E-state index contributed by atoms with van der Waals surface area (Å²) in [7, 11) is 1.35. The van der Waals surface area contributed by atoms with E-state index in [9.17, 15) is 4.79 Å². The first-order valence-electron chi connectivity index (χ1n) is 10.3. The zero-order chi connectivity index (χ0) is 22.2. The minimum atomic E-state index is -0.498. The van der Waals surface area contributed by atoms with Gasteiger partial charge in [-0.05, 0) is 12.1 Å². The topological polar surface area (TPSA) is 73.1 Å². The number of para-hydroxylation sites is 1. The number of esters is 1. The third kappa shape index (κ3) is 4.34. The fourth-order valence-corrected chi connectivity index (χ4v) is 3.95. The Hall–Kier alpha value is -2.77. The molecule has 0 N–H and O–H groups in total. The van der Waals surface area contributed by atoms with Gasteiger partial charge in [0.15, 0.2) is 5.69 Å². The number of benzene rings is 1. The Balaban J connectivity index is 1.62. The minimum absolute atomic E-state index is 0.0822. The van der Waals surface area contributed by atoms with E-state index in [0.717, 1.165) is 35.7 Å². The van der Waals surface area contributed by atoms with Crippen LogP contribution in [0.3, 0.4) is 0 Å². The predicted molar refractivity (Wildman–Crippen MR) is 118 cm³/mol. The van der Waals surface area contributed by atoms with Crippen LogP contribution in [0.5, 0.6) is 0 Å². The highest BCUT2D eigenvalue weighted by Gasteiger charge is 2.28. The van der Waals surface area contributed by atoms with E-state index in [4.69, 9.17) is 21.3 Å². The molecular weight excluding hydrogens is 414 g/mol. The molecule has 1 aliphatic heterocycles. The fourth-order valence-electron chi connectivity index (χ4n) is 3.67. The van der Waals surface area contributed by atoms with Gasteiger partial charge < -0.3 is 4.74 Å². The van der Waals surface area contributed by atoms with Crippen molar-refractivity contribution >= 4 is 17.6 Å². The highest BCUT2D eigenvalue weighted by atomic mass is 35.5. The molecule has 0 bridgehead atoms. The Morgan fingerprint density at radius 2 is 1.97 bits per heavy atom. The smallest absolute Gasteiger partial charge is 0.358 e. The van der Waals surface area contributed by atoms with Crippen LogP contribution in [0.4, 0.5) is 0 Å². The van der Waals surface area contributed by atoms with E-state index in [2.05, 4.69) is 35.8 Å². The Labute approximate surface area is 187 Å². The van der Waals surface area contributed by atoms with Crippen LogP contribution in [0.1, 0.15) is 53.9 Å². The maximum absolute atomic E-state index is 12.4. The molecular formula is C23H26ClN5O2. The van der Waals surface area contributed by atoms with E-state index in [-0.39, 0.29) is 11.1 Å². The number of rotatable bonds is 4. The third-order valence-corrected chi connectivity index (χ3v) is 5.75. The molecule has 0 atom stereocenters. The Morgan fingerprint density at radius 1 is 1.23 bits per heavy atom. The number of methoxy groups -OCH3 is 1. The summed E-state index contributed by atoms with van der Waals surface area (Å²) in [5.74, 6) is 0.363. The average molecular weight is 440 g/mol. The fraction of sp³-hybridized carbons (Fsp3) is 0.391. The summed E-state index contributed by atoms with van der Waals surface area (Å²) in [5, 5.41) is 4.87. The Bertz CT molecular complexity index is 1110. The first-order valence-corrected chi connectivity index (χ1v) is 10.6. The van der Waals surface area contributed by atoms with Gasteiger partial charge in [0.05, 0.1) is 12.8 Å². The van der Waals surface area contributed by atoms with E-state index in [1.165, 1.54) is 7.11 Å². The van der Waals surface area contributed by atoms with Crippen LogP contribution in [-0.2, 0) is 29.7 Å². The normalized spacial score (nSPS) is 14.4. The van der Waals surface area contributed by atoms with Crippen molar-refractivity contribution in [2.75, 3.05) is 13.7 Å². The largest absolute Gasteiger partial charge is 0.464 e. The van der Waals surface area contributed by atoms with Crippen LogP contribution < -0.4 is 0 Å². The van der Waals surface area contributed by atoms with Gasteiger partial charge in [0, 0.05) is 54.5 Å². The zero-order valence-electron chi connectivity index (χ0n) is 18.2. The molecule has 162 valence electrons. The van der Waals surface area contributed by atoms with Gasteiger partial charge in [0.2, 0.25) is 0 Å². The van der Waals surface area contributed by atoms with Gasteiger partial charge in [-0.1, -0.05) is 50.6 Å².